The molecule has 0 aliphatic heterocycles. The maximum absolute atomic E-state index is 11.5. The predicted octanol–water partition coefficient (Wildman–Crippen LogP) is 4.14. The summed E-state index contributed by atoms with van der Waals surface area (Å²) in [6.07, 6.45) is 2.91. The summed E-state index contributed by atoms with van der Waals surface area (Å²) in [4.78, 5) is 11.5. The lowest BCUT2D eigenvalue weighted by Gasteiger charge is -2.62. The minimum atomic E-state index is -0.826. The third kappa shape index (κ3) is 3.38. The van der Waals surface area contributed by atoms with Crippen LogP contribution in [0.3, 0.4) is 0 Å². The SMILES string of the molecule is CC1(C)[C@@H](O)CC[C@]2(C)[C@H]1CC[C@@](C)(O)[C@H]2COc1ccc2ccc(=O)oc2c1. The van der Waals surface area contributed by atoms with Crippen molar-refractivity contribution in [1.82, 2.24) is 0 Å². The molecule has 5 heteroatoms. The minimum Gasteiger partial charge on any atom is -0.493 e. The fourth-order valence-electron chi connectivity index (χ4n) is 6.20. The first kappa shape index (κ1) is 20.4. The number of aliphatic hydroxyl groups excluding tert-OH is 1. The van der Waals surface area contributed by atoms with Crippen LogP contribution >= 0.6 is 0 Å². The van der Waals surface area contributed by atoms with Crippen LogP contribution in [0.15, 0.2) is 39.5 Å². The zero-order valence-corrected chi connectivity index (χ0v) is 17.8. The van der Waals surface area contributed by atoms with E-state index in [-0.39, 0.29) is 28.5 Å². The number of hydrogen-bond donors (Lipinski definition) is 2. The highest BCUT2D eigenvalue weighted by atomic mass is 16.5. The van der Waals surface area contributed by atoms with E-state index >= 15 is 0 Å². The molecule has 5 atom stereocenters. The van der Waals surface area contributed by atoms with E-state index in [1.54, 1.807) is 12.1 Å². The molecule has 0 unspecified atom stereocenters. The van der Waals surface area contributed by atoms with Gasteiger partial charge in [0.2, 0.25) is 0 Å². The predicted molar refractivity (Wildman–Crippen MR) is 112 cm³/mol. The Morgan fingerprint density at radius 3 is 2.59 bits per heavy atom. The molecule has 2 N–H and O–H groups in total. The van der Waals surface area contributed by atoms with Crippen molar-refractivity contribution < 1.29 is 19.4 Å². The van der Waals surface area contributed by atoms with Crippen LogP contribution in [-0.4, -0.2) is 28.5 Å². The van der Waals surface area contributed by atoms with Crippen LogP contribution in [0, 0.1) is 22.7 Å². The Balaban J connectivity index is 1.61. The van der Waals surface area contributed by atoms with Gasteiger partial charge in [0.15, 0.2) is 0 Å². The summed E-state index contributed by atoms with van der Waals surface area (Å²) in [6, 6.07) is 8.62. The van der Waals surface area contributed by atoms with Crippen LogP contribution in [0.5, 0.6) is 5.75 Å². The monoisotopic (exact) mass is 400 g/mol. The highest BCUT2D eigenvalue weighted by Crippen LogP contribution is 2.61. The molecular weight excluding hydrogens is 368 g/mol. The summed E-state index contributed by atoms with van der Waals surface area (Å²) in [5, 5.41) is 22.7. The van der Waals surface area contributed by atoms with Gasteiger partial charge < -0.3 is 19.4 Å². The van der Waals surface area contributed by atoms with Crippen molar-refractivity contribution in [2.24, 2.45) is 22.7 Å². The third-order valence-corrected chi connectivity index (χ3v) is 8.01. The molecule has 0 amide bonds. The summed E-state index contributed by atoms with van der Waals surface area (Å²) in [7, 11) is 0. The first-order valence-electron chi connectivity index (χ1n) is 10.6. The molecule has 2 aromatic rings. The van der Waals surface area contributed by atoms with E-state index in [9.17, 15) is 15.0 Å². The smallest absolute Gasteiger partial charge is 0.336 e. The van der Waals surface area contributed by atoms with Crippen molar-refractivity contribution in [2.75, 3.05) is 6.61 Å². The second-order valence-corrected chi connectivity index (χ2v) is 10.1. The largest absolute Gasteiger partial charge is 0.493 e. The van der Waals surface area contributed by atoms with Crippen molar-refractivity contribution in [3.8, 4) is 5.75 Å². The first-order chi connectivity index (χ1) is 13.5. The average molecular weight is 401 g/mol. The Bertz CT molecular complexity index is 959. The normalized spacial score (nSPS) is 36.6. The number of benzene rings is 1. The summed E-state index contributed by atoms with van der Waals surface area (Å²) >= 11 is 0. The van der Waals surface area contributed by atoms with Crippen molar-refractivity contribution in [3.05, 3.63) is 40.8 Å². The molecule has 0 spiro atoms. The van der Waals surface area contributed by atoms with Gasteiger partial charge in [-0.15, -0.1) is 0 Å². The van der Waals surface area contributed by atoms with Gasteiger partial charge in [-0.25, -0.2) is 4.79 Å². The lowest BCUT2D eigenvalue weighted by molar-refractivity contribution is -0.201. The van der Waals surface area contributed by atoms with Gasteiger partial charge in [0.25, 0.3) is 0 Å². The van der Waals surface area contributed by atoms with Crippen molar-refractivity contribution in [1.29, 1.82) is 0 Å². The van der Waals surface area contributed by atoms with Crippen LogP contribution in [0.2, 0.25) is 0 Å². The van der Waals surface area contributed by atoms with E-state index in [4.69, 9.17) is 9.15 Å². The maximum atomic E-state index is 11.5. The molecule has 158 valence electrons. The van der Waals surface area contributed by atoms with Crippen LogP contribution in [0.4, 0.5) is 0 Å². The molecule has 1 aromatic heterocycles. The zero-order valence-electron chi connectivity index (χ0n) is 17.8. The molecular formula is C24H32O5. The average Bonchev–Trinajstić information content (AvgIpc) is 2.64. The lowest BCUT2D eigenvalue weighted by Crippen LogP contribution is -2.61. The number of rotatable bonds is 3. The Kier molecular flexibility index (Phi) is 4.82. The van der Waals surface area contributed by atoms with Gasteiger partial charge in [-0.05, 0) is 67.6 Å². The van der Waals surface area contributed by atoms with Gasteiger partial charge in [-0.2, -0.15) is 0 Å². The van der Waals surface area contributed by atoms with Gasteiger partial charge >= 0.3 is 5.63 Å². The summed E-state index contributed by atoms with van der Waals surface area (Å²) in [6.45, 7) is 8.87. The van der Waals surface area contributed by atoms with Crippen LogP contribution in [0.1, 0.15) is 53.4 Å². The van der Waals surface area contributed by atoms with E-state index < -0.39 is 5.60 Å². The molecule has 0 saturated heterocycles. The number of aliphatic hydroxyl groups is 2. The molecule has 0 radical (unpaired) electrons. The summed E-state index contributed by atoms with van der Waals surface area (Å²) < 4.78 is 11.4. The Hall–Kier alpha value is -1.85. The highest BCUT2D eigenvalue weighted by molar-refractivity contribution is 5.77. The fraction of sp³-hybridized carbons (Fsp3) is 0.625. The van der Waals surface area contributed by atoms with Gasteiger partial charge in [-0.1, -0.05) is 20.8 Å². The molecule has 29 heavy (non-hydrogen) atoms. The molecule has 2 aliphatic rings. The van der Waals surface area contributed by atoms with Crippen LogP contribution in [0.25, 0.3) is 11.0 Å². The van der Waals surface area contributed by atoms with Gasteiger partial charge in [-0.3, -0.25) is 0 Å². The van der Waals surface area contributed by atoms with E-state index in [1.807, 2.05) is 19.1 Å². The zero-order chi connectivity index (χ0) is 21.0. The van der Waals surface area contributed by atoms with Crippen LogP contribution < -0.4 is 10.4 Å². The molecule has 1 heterocycles. The minimum absolute atomic E-state index is 0.0565. The second kappa shape index (κ2) is 6.85. The van der Waals surface area contributed by atoms with Crippen molar-refractivity contribution >= 4 is 11.0 Å². The fourth-order valence-corrected chi connectivity index (χ4v) is 6.20. The molecule has 2 fully saturated rings. The molecule has 5 nitrogen and oxygen atoms in total. The molecule has 0 bridgehead atoms. The van der Waals surface area contributed by atoms with E-state index in [0.29, 0.717) is 30.3 Å². The number of fused-ring (bicyclic) bond motifs is 2. The van der Waals surface area contributed by atoms with Crippen molar-refractivity contribution in [3.63, 3.8) is 0 Å². The van der Waals surface area contributed by atoms with Crippen molar-refractivity contribution in [2.45, 2.75) is 65.1 Å². The van der Waals surface area contributed by atoms with Gasteiger partial charge in [0, 0.05) is 23.4 Å². The molecule has 4 rings (SSSR count). The number of ether oxygens (including phenoxy) is 1. The van der Waals surface area contributed by atoms with Gasteiger partial charge in [0.1, 0.15) is 11.3 Å². The summed E-state index contributed by atoms with van der Waals surface area (Å²) in [5.74, 6) is 0.893. The first-order valence-corrected chi connectivity index (χ1v) is 10.6. The number of hydrogen-bond acceptors (Lipinski definition) is 5. The van der Waals surface area contributed by atoms with E-state index in [0.717, 1.165) is 24.6 Å². The Morgan fingerprint density at radius 1 is 1.10 bits per heavy atom. The maximum Gasteiger partial charge on any atom is 0.336 e. The second-order valence-electron chi connectivity index (χ2n) is 10.1. The van der Waals surface area contributed by atoms with E-state index in [2.05, 4.69) is 20.8 Å². The quantitative estimate of drug-likeness (QED) is 0.757. The van der Waals surface area contributed by atoms with Crippen LogP contribution in [-0.2, 0) is 0 Å². The molecule has 1 aromatic carbocycles. The topological polar surface area (TPSA) is 79.9 Å². The standard InChI is InChI=1S/C24H32O5/c1-22(2)18-9-12-24(4,27)19(23(18,3)11-10-20(22)25)14-28-16-7-5-15-6-8-21(26)29-17(15)13-16/h5-8,13,18-20,25,27H,9-12,14H2,1-4H3/t18-,19-,20-,23+,24+/m0/s1. The third-order valence-electron chi connectivity index (χ3n) is 8.01. The summed E-state index contributed by atoms with van der Waals surface area (Å²) in [5.41, 5.74) is -1.02. The highest BCUT2D eigenvalue weighted by Gasteiger charge is 2.60. The van der Waals surface area contributed by atoms with Gasteiger partial charge in [0.05, 0.1) is 18.3 Å². The Morgan fingerprint density at radius 2 is 1.83 bits per heavy atom. The molecule has 2 saturated carbocycles. The lowest BCUT2D eigenvalue weighted by atomic mass is 9.45. The van der Waals surface area contributed by atoms with E-state index in [1.165, 1.54) is 6.07 Å². The Labute approximate surface area is 171 Å². The molecule has 2 aliphatic carbocycles.